The van der Waals surface area contributed by atoms with Crippen LogP contribution in [0.1, 0.15) is 25.7 Å². The van der Waals surface area contributed by atoms with E-state index in [0.29, 0.717) is 101 Å². The van der Waals surface area contributed by atoms with Crippen molar-refractivity contribution in [1.29, 1.82) is 0 Å². The topological polar surface area (TPSA) is 211 Å². The summed E-state index contributed by atoms with van der Waals surface area (Å²) in [6.45, 7) is 4.10. The first-order valence-corrected chi connectivity index (χ1v) is 24.7. The Morgan fingerprint density at radius 1 is 0.351 bits per heavy atom. The monoisotopic (exact) mass is 1000 g/mol. The van der Waals surface area contributed by atoms with E-state index in [1.807, 2.05) is 72.8 Å². The second kappa shape index (κ2) is 25.5. The number of amides is 8. The number of carbonyl (C=O) groups excluding carboxylic acids is 4. The Bertz CT molecular complexity index is 2840. The van der Waals surface area contributed by atoms with Gasteiger partial charge in [-0.05, 0) is 134 Å². The van der Waals surface area contributed by atoms with Gasteiger partial charge in [-0.25, -0.2) is 19.2 Å². The summed E-state index contributed by atoms with van der Waals surface area (Å²) in [6.07, 6.45) is 2.77. The lowest BCUT2D eigenvalue weighted by Gasteiger charge is -2.12. The minimum atomic E-state index is -0.312. The first-order chi connectivity index (χ1) is 36.2. The number of anilines is 4. The number of methoxy groups -OCH3 is 4. The number of nitrogens with zero attached hydrogens (tertiary/aromatic N) is 2. The quantitative estimate of drug-likeness (QED) is 0.0288. The number of rotatable bonds is 23. The number of hydrogen-bond donors (Lipinski definition) is 8. The molecule has 8 N–H and O–H groups in total. The van der Waals surface area contributed by atoms with Crippen molar-refractivity contribution < 1.29 is 38.1 Å². The Balaban J connectivity index is 1.08. The number of carbonyl (C=O) groups is 4. The molecule has 0 radical (unpaired) electrons. The first-order valence-electron chi connectivity index (χ1n) is 24.7. The molecule has 386 valence electrons. The van der Waals surface area contributed by atoms with Crippen molar-refractivity contribution in [2.24, 2.45) is 0 Å². The molecule has 8 aromatic rings. The molecule has 0 atom stereocenters. The van der Waals surface area contributed by atoms with E-state index in [-0.39, 0.29) is 24.1 Å². The molecule has 0 bridgehead atoms. The highest BCUT2D eigenvalue weighted by atomic mass is 16.5. The molecule has 0 aliphatic rings. The van der Waals surface area contributed by atoms with Gasteiger partial charge in [-0.1, -0.05) is 24.3 Å². The first kappa shape index (κ1) is 52.2. The van der Waals surface area contributed by atoms with Gasteiger partial charge in [-0.15, -0.1) is 0 Å². The zero-order valence-corrected chi connectivity index (χ0v) is 42.2. The van der Waals surface area contributed by atoms with Gasteiger partial charge in [0.15, 0.2) is 0 Å². The lowest BCUT2D eigenvalue weighted by atomic mass is 10.0. The van der Waals surface area contributed by atoms with Crippen molar-refractivity contribution >= 4 is 90.5 Å². The molecule has 8 amide bonds. The molecule has 8 rings (SSSR count). The van der Waals surface area contributed by atoms with E-state index in [9.17, 15) is 19.2 Å². The van der Waals surface area contributed by atoms with Crippen molar-refractivity contribution in [3.63, 3.8) is 0 Å². The van der Waals surface area contributed by atoms with Gasteiger partial charge >= 0.3 is 24.1 Å². The molecule has 0 fully saturated rings. The van der Waals surface area contributed by atoms with E-state index in [0.717, 1.165) is 66.1 Å². The number of hydrogen-bond acceptors (Lipinski definition) is 8. The maximum absolute atomic E-state index is 12.8. The molecule has 0 aliphatic carbocycles. The van der Waals surface area contributed by atoms with Crippen molar-refractivity contribution in [3.05, 3.63) is 121 Å². The summed E-state index contributed by atoms with van der Waals surface area (Å²) in [5, 5.41) is 26.9. The van der Waals surface area contributed by atoms with Crippen LogP contribution in [0.3, 0.4) is 0 Å². The van der Waals surface area contributed by atoms with Gasteiger partial charge in [0, 0.05) is 137 Å². The van der Waals surface area contributed by atoms with E-state index >= 15 is 0 Å². The number of ether oxygens (including phenoxy) is 4. The number of benzene rings is 6. The minimum absolute atomic E-state index is 0.312. The van der Waals surface area contributed by atoms with E-state index in [2.05, 4.69) is 100 Å². The number of aromatic nitrogens is 2. The molecule has 0 saturated heterocycles. The van der Waals surface area contributed by atoms with Gasteiger partial charge in [-0.3, -0.25) is 0 Å². The van der Waals surface area contributed by atoms with Gasteiger partial charge in [-0.2, -0.15) is 0 Å². The van der Waals surface area contributed by atoms with E-state index in [4.69, 9.17) is 18.9 Å². The van der Waals surface area contributed by atoms with Gasteiger partial charge in [0.1, 0.15) is 0 Å². The molecule has 0 spiro atoms. The molecule has 0 unspecified atom stereocenters. The summed E-state index contributed by atoms with van der Waals surface area (Å²) in [5.41, 5.74) is 10.1. The predicted molar refractivity (Wildman–Crippen MR) is 295 cm³/mol. The average molecular weight is 1010 g/mol. The second-order valence-electron chi connectivity index (χ2n) is 17.6. The van der Waals surface area contributed by atoms with Crippen molar-refractivity contribution in [1.82, 2.24) is 30.4 Å². The Hall–Kier alpha value is -8.16. The third kappa shape index (κ3) is 12.9. The summed E-state index contributed by atoms with van der Waals surface area (Å²) >= 11 is 0. The molecule has 18 nitrogen and oxygen atoms in total. The molecular weight excluding hydrogens is 941 g/mol. The van der Waals surface area contributed by atoms with Crippen LogP contribution >= 0.6 is 0 Å². The molecule has 2 heterocycles. The van der Waals surface area contributed by atoms with Crippen molar-refractivity contribution in [2.75, 3.05) is 102 Å². The molecule has 2 aromatic heterocycles. The van der Waals surface area contributed by atoms with Crippen LogP contribution in [0.15, 0.2) is 121 Å². The summed E-state index contributed by atoms with van der Waals surface area (Å²) in [6, 6.07) is 38.8. The fourth-order valence-electron chi connectivity index (χ4n) is 8.89. The molecule has 74 heavy (non-hydrogen) atoms. The van der Waals surface area contributed by atoms with Crippen LogP contribution in [0, 0.1) is 0 Å². The smallest absolute Gasteiger partial charge is 0.319 e. The summed E-state index contributed by atoms with van der Waals surface area (Å²) in [7, 11) is 6.52. The normalized spacial score (nSPS) is 11.2. The Labute approximate surface area is 429 Å². The highest BCUT2D eigenvalue weighted by molar-refractivity contribution is 6.14. The Kier molecular flexibility index (Phi) is 18.0. The van der Waals surface area contributed by atoms with Gasteiger partial charge in [0.25, 0.3) is 0 Å². The highest BCUT2D eigenvalue weighted by Gasteiger charge is 2.18. The van der Waals surface area contributed by atoms with E-state index in [1.165, 1.54) is 0 Å². The standard InChI is InChI=1S/C56H64N10O8/c1-71-29-5-25-57-53(67)61-39-13-21-49-45(33-39)46-34-40(62-54(68)58-26-6-30-72-2)14-22-50(46)65(49)43-17-9-37(10-18-43)38-11-19-44(20-12-38)66-51-23-15-41(63-55(69)59-27-7-31-73-3)35-47(51)48-36-42(16-24-52(48)66)64-56(70)60-28-8-32-74-4/h9-24,33-36H,5-8,25-32H2,1-4H3,(H2,57,61,67)(H2,58,62,68)(H2,59,63,69)(H2,60,64,70). The zero-order valence-electron chi connectivity index (χ0n) is 42.2. The number of fused-ring (bicyclic) bond motifs is 6. The fraction of sp³-hybridized carbons (Fsp3) is 0.286. The summed E-state index contributed by atoms with van der Waals surface area (Å²) < 4.78 is 24.8. The maximum atomic E-state index is 12.8. The fourth-order valence-corrected chi connectivity index (χ4v) is 8.89. The van der Waals surface area contributed by atoms with Crippen LogP contribution in [0.4, 0.5) is 41.9 Å². The lowest BCUT2D eigenvalue weighted by Crippen LogP contribution is -2.30. The second-order valence-corrected chi connectivity index (χ2v) is 17.6. The van der Waals surface area contributed by atoms with E-state index in [1.54, 1.807) is 28.4 Å². The minimum Gasteiger partial charge on any atom is -0.385 e. The van der Waals surface area contributed by atoms with Crippen LogP contribution in [0.2, 0.25) is 0 Å². The average Bonchev–Trinajstić information content (AvgIpc) is 3.90. The Morgan fingerprint density at radius 2 is 0.595 bits per heavy atom. The van der Waals surface area contributed by atoms with Crippen LogP contribution < -0.4 is 42.5 Å². The number of nitrogens with one attached hydrogen (secondary N) is 8. The van der Waals surface area contributed by atoms with Crippen LogP contribution in [-0.2, 0) is 18.9 Å². The molecular formula is C56H64N10O8. The third-order valence-electron chi connectivity index (χ3n) is 12.4. The van der Waals surface area contributed by atoms with Crippen molar-refractivity contribution in [3.8, 4) is 22.5 Å². The van der Waals surface area contributed by atoms with Crippen LogP contribution in [-0.4, -0.2) is 114 Å². The SMILES string of the molecule is COCCCNC(=O)Nc1ccc2c(c1)c1cc(NC(=O)NCCCOC)ccc1n2-c1ccc(-c2ccc(-n3c4ccc(NC(=O)NCCCOC)cc4c4cc(NC(=O)NCCCOC)ccc43)cc2)cc1. The van der Waals surface area contributed by atoms with Gasteiger partial charge in [0.05, 0.1) is 22.1 Å². The highest BCUT2D eigenvalue weighted by Crippen LogP contribution is 2.38. The largest absolute Gasteiger partial charge is 0.385 e. The Morgan fingerprint density at radius 3 is 0.824 bits per heavy atom. The molecule has 18 heteroatoms. The zero-order chi connectivity index (χ0) is 51.8. The van der Waals surface area contributed by atoms with Gasteiger partial charge < -0.3 is 70.6 Å². The van der Waals surface area contributed by atoms with Crippen molar-refractivity contribution in [2.45, 2.75) is 25.7 Å². The van der Waals surface area contributed by atoms with E-state index < -0.39 is 0 Å². The maximum Gasteiger partial charge on any atom is 0.319 e. The van der Waals surface area contributed by atoms with Gasteiger partial charge in [0.2, 0.25) is 0 Å². The lowest BCUT2D eigenvalue weighted by molar-refractivity contribution is 0.194. The summed E-state index contributed by atoms with van der Waals surface area (Å²) in [5.74, 6) is 0. The molecule has 0 saturated carbocycles. The number of urea groups is 4. The third-order valence-corrected chi connectivity index (χ3v) is 12.4. The molecule has 0 aliphatic heterocycles. The molecule has 6 aromatic carbocycles. The predicted octanol–water partition coefficient (Wildman–Crippen LogP) is 10.2. The summed E-state index contributed by atoms with van der Waals surface area (Å²) in [4.78, 5) is 51.3. The van der Waals surface area contributed by atoms with Crippen LogP contribution in [0.5, 0.6) is 0 Å². The van der Waals surface area contributed by atoms with Crippen LogP contribution in [0.25, 0.3) is 66.1 Å².